The first-order valence-corrected chi connectivity index (χ1v) is 5.03. The van der Waals surface area contributed by atoms with Crippen molar-refractivity contribution >= 4 is 11.3 Å². The lowest BCUT2D eigenvalue weighted by Gasteiger charge is -2.09. The van der Waals surface area contributed by atoms with Gasteiger partial charge in [0.15, 0.2) is 0 Å². The summed E-state index contributed by atoms with van der Waals surface area (Å²) in [6.45, 7) is 3.50. The summed E-state index contributed by atoms with van der Waals surface area (Å²) >= 11 is 1.84. The summed E-state index contributed by atoms with van der Waals surface area (Å²) in [6.07, 6.45) is 1.03. The van der Waals surface area contributed by atoms with Gasteiger partial charge in [-0.15, -0.1) is 11.3 Å². The topological polar surface area (TPSA) is 52.0 Å². The van der Waals surface area contributed by atoms with Crippen LogP contribution in [-0.4, -0.2) is 13.1 Å². The van der Waals surface area contributed by atoms with Gasteiger partial charge in [-0.1, -0.05) is 0 Å². The maximum absolute atomic E-state index is 5.56. The molecule has 0 bridgehead atoms. The van der Waals surface area contributed by atoms with E-state index >= 15 is 0 Å². The molecule has 0 aromatic carbocycles. The Morgan fingerprint density at radius 2 is 2.00 bits per heavy atom. The molecule has 0 aliphatic rings. The molecule has 0 aliphatic carbocycles. The summed E-state index contributed by atoms with van der Waals surface area (Å²) in [7, 11) is 0. The first-order valence-electron chi connectivity index (χ1n) is 4.21. The third-order valence-corrected chi connectivity index (χ3v) is 2.98. The van der Waals surface area contributed by atoms with Gasteiger partial charge >= 0.3 is 0 Å². The van der Waals surface area contributed by atoms with Gasteiger partial charge in [0.2, 0.25) is 0 Å². The predicted molar refractivity (Wildman–Crippen MR) is 54.4 cm³/mol. The lowest BCUT2D eigenvalue weighted by atomic mass is 10.1. The zero-order valence-electron chi connectivity index (χ0n) is 7.42. The fourth-order valence-corrected chi connectivity index (χ4v) is 2.15. The van der Waals surface area contributed by atoms with Gasteiger partial charge < -0.3 is 11.5 Å². The fraction of sp³-hybridized carbons (Fsp3) is 0.556. The highest BCUT2D eigenvalue weighted by atomic mass is 32.1. The molecule has 4 N–H and O–H groups in total. The van der Waals surface area contributed by atoms with Crippen LogP contribution in [0.15, 0.2) is 12.1 Å². The van der Waals surface area contributed by atoms with Gasteiger partial charge in [0.05, 0.1) is 0 Å². The van der Waals surface area contributed by atoms with Crippen molar-refractivity contribution in [3.8, 4) is 0 Å². The van der Waals surface area contributed by atoms with Crippen LogP contribution in [-0.2, 0) is 6.42 Å². The summed E-state index contributed by atoms with van der Waals surface area (Å²) < 4.78 is 0. The highest BCUT2D eigenvalue weighted by Gasteiger charge is 2.06. The minimum atomic E-state index is 0.447. The molecule has 1 rings (SSSR count). The second-order valence-electron chi connectivity index (χ2n) is 3.05. The minimum absolute atomic E-state index is 0.447. The summed E-state index contributed by atoms with van der Waals surface area (Å²) in [5, 5.41) is 0. The maximum atomic E-state index is 5.56. The van der Waals surface area contributed by atoms with Crippen molar-refractivity contribution in [3.05, 3.63) is 21.9 Å². The van der Waals surface area contributed by atoms with Gasteiger partial charge in [0.25, 0.3) is 0 Å². The highest BCUT2D eigenvalue weighted by molar-refractivity contribution is 7.11. The predicted octanol–water partition coefficient (Wildman–Crippen LogP) is 1.13. The highest BCUT2D eigenvalue weighted by Crippen LogP contribution is 2.18. The van der Waals surface area contributed by atoms with Gasteiger partial charge in [-0.3, -0.25) is 0 Å². The average molecular weight is 184 g/mol. The number of aryl methyl sites for hydroxylation is 1. The van der Waals surface area contributed by atoms with Gasteiger partial charge in [0, 0.05) is 9.75 Å². The van der Waals surface area contributed by atoms with E-state index in [0.717, 1.165) is 6.42 Å². The van der Waals surface area contributed by atoms with Crippen LogP contribution >= 0.6 is 11.3 Å². The molecule has 0 radical (unpaired) electrons. The van der Waals surface area contributed by atoms with E-state index in [2.05, 4.69) is 19.1 Å². The molecule has 0 fully saturated rings. The molecule has 1 aromatic heterocycles. The normalized spacial score (nSPS) is 11.0. The molecule has 0 aliphatic heterocycles. The fourth-order valence-electron chi connectivity index (χ4n) is 1.14. The van der Waals surface area contributed by atoms with Gasteiger partial charge in [-0.25, -0.2) is 0 Å². The van der Waals surface area contributed by atoms with Crippen LogP contribution in [0.2, 0.25) is 0 Å². The summed E-state index contributed by atoms with van der Waals surface area (Å²) in [5.41, 5.74) is 11.1. The lowest BCUT2D eigenvalue weighted by Crippen LogP contribution is -2.24. The standard InChI is InChI=1S/C9H16N2S/c1-7-2-3-9(12-7)4-8(5-10)6-11/h2-3,8H,4-6,10-11H2,1H3. The second-order valence-corrected chi connectivity index (χ2v) is 4.43. The van der Waals surface area contributed by atoms with Crippen LogP contribution in [0.3, 0.4) is 0 Å². The molecule has 0 atom stereocenters. The first-order chi connectivity index (χ1) is 5.76. The van der Waals surface area contributed by atoms with Crippen LogP contribution in [0.4, 0.5) is 0 Å². The van der Waals surface area contributed by atoms with Crippen molar-refractivity contribution in [2.24, 2.45) is 17.4 Å². The van der Waals surface area contributed by atoms with Crippen LogP contribution < -0.4 is 11.5 Å². The van der Waals surface area contributed by atoms with E-state index in [1.165, 1.54) is 9.75 Å². The zero-order valence-corrected chi connectivity index (χ0v) is 8.23. The molecule has 0 unspecified atom stereocenters. The molecule has 12 heavy (non-hydrogen) atoms. The Hall–Kier alpha value is -0.380. The van der Waals surface area contributed by atoms with Crippen LogP contribution in [0, 0.1) is 12.8 Å². The second kappa shape index (κ2) is 4.60. The Bertz CT molecular complexity index is 228. The number of hydrogen-bond donors (Lipinski definition) is 2. The van der Waals surface area contributed by atoms with Crippen molar-refractivity contribution < 1.29 is 0 Å². The molecule has 68 valence electrons. The quantitative estimate of drug-likeness (QED) is 0.737. The largest absolute Gasteiger partial charge is 0.330 e. The van der Waals surface area contributed by atoms with E-state index in [-0.39, 0.29) is 0 Å². The summed E-state index contributed by atoms with van der Waals surface area (Å²) in [6, 6.07) is 4.31. The van der Waals surface area contributed by atoms with Gasteiger partial charge in [-0.05, 0) is 44.5 Å². The molecule has 0 saturated heterocycles. The third kappa shape index (κ3) is 2.59. The molecular formula is C9H16N2S. The monoisotopic (exact) mass is 184 g/mol. The maximum Gasteiger partial charge on any atom is 0.00517 e. The summed E-state index contributed by atoms with van der Waals surface area (Å²) in [4.78, 5) is 2.76. The molecule has 0 saturated carbocycles. The van der Waals surface area contributed by atoms with Crippen LogP contribution in [0.25, 0.3) is 0 Å². The lowest BCUT2D eigenvalue weighted by molar-refractivity contribution is 0.552. The summed E-state index contributed by atoms with van der Waals surface area (Å²) in [5.74, 6) is 0.447. The van der Waals surface area contributed by atoms with Crippen molar-refractivity contribution in [2.75, 3.05) is 13.1 Å². The van der Waals surface area contributed by atoms with Crippen molar-refractivity contribution in [2.45, 2.75) is 13.3 Å². The van der Waals surface area contributed by atoms with E-state index in [0.29, 0.717) is 19.0 Å². The molecule has 0 spiro atoms. The Balaban J connectivity index is 2.50. The Labute approximate surface area is 77.6 Å². The van der Waals surface area contributed by atoms with E-state index in [4.69, 9.17) is 11.5 Å². The van der Waals surface area contributed by atoms with Crippen LogP contribution in [0.1, 0.15) is 9.75 Å². The number of nitrogens with two attached hydrogens (primary N) is 2. The van der Waals surface area contributed by atoms with Crippen LogP contribution in [0.5, 0.6) is 0 Å². The van der Waals surface area contributed by atoms with Crippen molar-refractivity contribution in [3.63, 3.8) is 0 Å². The van der Waals surface area contributed by atoms with Gasteiger partial charge in [0.1, 0.15) is 0 Å². The van der Waals surface area contributed by atoms with Crippen molar-refractivity contribution in [1.82, 2.24) is 0 Å². The Morgan fingerprint density at radius 3 is 2.42 bits per heavy atom. The zero-order chi connectivity index (χ0) is 8.97. The number of hydrogen-bond acceptors (Lipinski definition) is 3. The molecule has 1 heterocycles. The Kier molecular flexibility index (Phi) is 3.72. The molecule has 2 nitrogen and oxygen atoms in total. The minimum Gasteiger partial charge on any atom is -0.330 e. The van der Waals surface area contributed by atoms with E-state index < -0.39 is 0 Å². The van der Waals surface area contributed by atoms with Gasteiger partial charge in [-0.2, -0.15) is 0 Å². The van der Waals surface area contributed by atoms with E-state index in [1.54, 1.807) is 0 Å². The Morgan fingerprint density at radius 1 is 1.33 bits per heavy atom. The molecular weight excluding hydrogens is 168 g/mol. The SMILES string of the molecule is Cc1ccc(CC(CN)CN)s1. The molecule has 1 aromatic rings. The number of rotatable bonds is 4. The molecule has 0 amide bonds. The van der Waals surface area contributed by atoms with E-state index in [9.17, 15) is 0 Å². The average Bonchev–Trinajstić information content (AvgIpc) is 2.47. The third-order valence-electron chi connectivity index (χ3n) is 1.95. The van der Waals surface area contributed by atoms with E-state index in [1.807, 2.05) is 11.3 Å². The first kappa shape index (κ1) is 9.71. The molecule has 3 heteroatoms. The van der Waals surface area contributed by atoms with Crippen molar-refractivity contribution in [1.29, 1.82) is 0 Å². The smallest absolute Gasteiger partial charge is 0.00517 e. The number of thiophene rings is 1.